The van der Waals surface area contributed by atoms with Crippen LogP contribution in [0.4, 0.5) is 0 Å². The number of nitrogens with zero attached hydrogens (tertiary/aromatic N) is 8. The van der Waals surface area contributed by atoms with Gasteiger partial charge in [-0.15, -0.1) is 0 Å². The predicted molar refractivity (Wildman–Crippen MR) is 93.8 cm³/mol. The van der Waals surface area contributed by atoms with Gasteiger partial charge in [0.05, 0.1) is 11.4 Å². The van der Waals surface area contributed by atoms with E-state index in [-0.39, 0.29) is 0 Å². The Hall–Kier alpha value is -3.60. The quantitative estimate of drug-likeness (QED) is 0.562. The highest BCUT2D eigenvalue weighted by molar-refractivity contribution is 5.50. The van der Waals surface area contributed by atoms with Gasteiger partial charge in [-0.05, 0) is 31.5 Å². The maximum atomic E-state index is 9.07. The summed E-state index contributed by atoms with van der Waals surface area (Å²) in [7, 11) is 0. The van der Waals surface area contributed by atoms with Crippen molar-refractivity contribution in [1.82, 2.24) is 34.3 Å². The smallest absolute Gasteiger partial charge is 0.162 e. The zero-order valence-corrected chi connectivity index (χ0v) is 14.5. The lowest BCUT2D eigenvalue weighted by Crippen LogP contribution is -2.09. The van der Waals surface area contributed by atoms with E-state index in [0.29, 0.717) is 17.9 Å². The lowest BCUT2D eigenvalue weighted by molar-refractivity contribution is 0.780. The highest BCUT2D eigenvalue weighted by atomic mass is 15.3. The summed E-state index contributed by atoms with van der Waals surface area (Å²) in [6.45, 7) is 3.95. The average molecular weight is 344 g/mol. The molecule has 0 bridgehead atoms. The van der Waals surface area contributed by atoms with Crippen molar-refractivity contribution < 1.29 is 0 Å². The second-order valence-corrected chi connectivity index (χ2v) is 5.85. The second kappa shape index (κ2) is 6.37. The molecule has 4 rings (SSSR count). The van der Waals surface area contributed by atoms with Crippen LogP contribution < -0.4 is 0 Å². The third-order valence-electron chi connectivity index (χ3n) is 4.17. The zero-order valence-electron chi connectivity index (χ0n) is 14.5. The zero-order chi connectivity index (χ0) is 18.1. The Morgan fingerprint density at radius 3 is 2.88 bits per heavy atom. The van der Waals surface area contributed by atoms with Gasteiger partial charge in [0.15, 0.2) is 11.5 Å². The second-order valence-electron chi connectivity index (χ2n) is 5.85. The van der Waals surface area contributed by atoms with Crippen LogP contribution in [0.15, 0.2) is 36.8 Å². The van der Waals surface area contributed by atoms with Gasteiger partial charge < -0.3 is 0 Å². The number of fused-ring (bicyclic) bond motifs is 1. The van der Waals surface area contributed by atoms with Crippen molar-refractivity contribution in [1.29, 1.82) is 5.26 Å². The molecule has 8 nitrogen and oxygen atoms in total. The highest BCUT2D eigenvalue weighted by Crippen LogP contribution is 2.18. The number of nitriles is 1. The van der Waals surface area contributed by atoms with Crippen molar-refractivity contribution in [3.05, 3.63) is 65.3 Å². The molecular formula is C18H16N8. The maximum absolute atomic E-state index is 9.07. The van der Waals surface area contributed by atoms with Gasteiger partial charge in [0.2, 0.25) is 0 Å². The Morgan fingerprint density at radius 1 is 1.19 bits per heavy atom. The van der Waals surface area contributed by atoms with Crippen LogP contribution in [0.2, 0.25) is 0 Å². The third kappa shape index (κ3) is 2.69. The van der Waals surface area contributed by atoms with E-state index >= 15 is 0 Å². The first-order chi connectivity index (χ1) is 12.7. The molecule has 4 aromatic rings. The molecule has 0 unspecified atom stereocenters. The van der Waals surface area contributed by atoms with Crippen LogP contribution in [0, 0.1) is 18.3 Å². The fourth-order valence-electron chi connectivity index (χ4n) is 3.01. The summed E-state index contributed by atoms with van der Waals surface area (Å²) in [5.41, 5.74) is 4.14. The molecule has 0 aliphatic carbocycles. The maximum Gasteiger partial charge on any atom is 0.162 e. The minimum atomic E-state index is 0.358. The summed E-state index contributed by atoms with van der Waals surface area (Å²) in [6.07, 6.45) is 4.81. The van der Waals surface area contributed by atoms with E-state index in [1.54, 1.807) is 33.9 Å². The van der Waals surface area contributed by atoms with Crippen LogP contribution in [-0.4, -0.2) is 34.3 Å². The molecule has 26 heavy (non-hydrogen) atoms. The van der Waals surface area contributed by atoms with Crippen LogP contribution in [0.5, 0.6) is 0 Å². The van der Waals surface area contributed by atoms with E-state index < -0.39 is 0 Å². The van der Waals surface area contributed by atoms with Crippen molar-refractivity contribution in [2.24, 2.45) is 0 Å². The summed E-state index contributed by atoms with van der Waals surface area (Å²) < 4.78 is 3.45. The van der Waals surface area contributed by atoms with Crippen molar-refractivity contribution >= 4 is 5.65 Å². The van der Waals surface area contributed by atoms with Crippen molar-refractivity contribution in [2.45, 2.75) is 26.7 Å². The molecule has 0 amide bonds. The minimum absolute atomic E-state index is 0.358. The molecule has 4 heterocycles. The molecule has 0 N–H and O–H groups in total. The summed E-state index contributed by atoms with van der Waals surface area (Å²) in [4.78, 5) is 13.4. The van der Waals surface area contributed by atoms with Crippen LogP contribution in [-0.2, 0) is 12.8 Å². The topological polar surface area (TPSA) is 97.6 Å². The van der Waals surface area contributed by atoms with Gasteiger partial charge in [0.1, 0.15) is 23.9 Å². The van der Waals surface area contributed by atoms with Gasteiger partial charge in [-0.2, -0.15) is 15.5 Å². The lowest BCUT2D eigenvalue weighted by atomic mass is 10.1. The van der Waals surface area contributed by atoms with E-state index in [1.165, 1.54) is 0 Å². The predicted octanol–water partition coefficient (Wildman–Crippen LogP) is 2.04. The Morgan fingerprint density at radius 2 is 2.08 bits per heavy atom. The first-order valence-electron chi connectivity index (χ1n) is 8.29. The van der Waals surface area contributed by atoms with Gasteiger partial charge in [-0.1, -0.05) is 13.0 Å². The normalized spacial score (nSPS) is 11.0. The van der Waals surface area contributed by atoms with E-state index in [4.69, 9.17) is 5.26 Å². The van der Waals surface area contributed by atoms with Crippen molar-refractivity contribution in [3.8, 4) is 11.9 Å². The summed E-state index contributed by atoms with van der Waals surface area (Å²) in [6, 6.07) is 9.29. The molecular weight excluding hydrogens is 328 g/mol. The average Bonchev–Trinajstić information content (AvgIpc) is 3.27. The molecule has 0 radical (unpaired) electrons. The first-order valence-corrected chi connectivity index (χ1v) is 8.29. The van der Waals surface area contributed by atoms with Crippen LogP contribution in [0.25, 0.3) is 11.5 Å². The molecule has 8 heteroatoms. The Balaban J connectivity index is 1.76. The van der Waals surface area contributed by atoms with Gasteiger partial charge in [-0.25, -0.2) is 24.1 Å². The van der Waals surface area contributed by atoms with E-state index in [9.17, 15) is 0 Å². The van der Waals surface area contributed by atoms with Crippen LogP contribution in [0.3, 0.4) is 0 Å². The number of pyridine rings is 1. The fraction of sp³-hybridized carbons (Fsp3) is 0.222. The highest BCUT2D eigenvalue weighted by Gasteiger charge is 2.15. The summed E-state index contributed by atoms with van der Waals surface area (Å²) in [5, 5.41) is 17.8. The molecule has 0 atom stereocenters. The van der Waals surface area contributed by atoms with Crippen LogP contribution in [0.1, 0.15) is 35.4 Å². The largest absolute Gasteiger partial charge is 0.240 e. The Kier molecular flexibility index (Phi) is 3.89. The third-order valence-corrected chi connectivity index (χ3v) is 4.17. The van der Waals surface area contributed by atoms with Crippen LogP contribution >= 0.6 is 0 Å². The van der Waals surface area contributed by atoms with Gasteiger partial charge in [0, 0.05) is 18.2 Å². The van der Waals surface area contributed by atoms with Crippen molar-refractivity contribution in [2.75, 3.05) is 0 Å². The molecule has 0 saturated carbocycles. The number of hydrogen-bond donors (Lipinski definition) is 0. The van der Waals surface area contributed by atoms with Gasteiger partial charge in [0.25, 0.3) is 0 Å². The van der Waals surface area contributed by atoms with E-state index in [2.05, 4.69) is 38.1 Å². The summed E-state index contributed by atoms with van der Waals surface area (Å²) >= 11 is 0. The molecule has 0 spiro atoms. The monoisotopic (exact) mass is 344 g/mol. The van der Waals surface area contributed by atoms with Gasteiger partial charge >= 0.3 is 0 Å². The SMILES string of the molecule is CCc1c(Cc2ccnn2-c2cccc(C#N)n2)ncn2nc(C)nc12. The molecule has 0 aliphatic rings. The standard InChI is InChI=1S/C18H16N8/c1-3-15-16(20-11-25-18(15)22-12(2)24-25)9-14-7-8-21-26(14)17-6-4-5-13(10-19)23-17/h4-8,11H,3,9H2,1-2H3. The Bertz CT molecular complexity index is 1130. The number of hydrogen-bond acceptors (Lipinski definition) is 6. The molecule has 0 fully saturated rings. The van der Waals surface area contributed by atoms with Crippen molar-refractivity contribution in [3.63, 3.8) is 0 Å². The number of rotatable bonds is 4. The number of aromatic nitrogens is 7. The first kappa shape index (κ1) is 15.9. The van der Waals surface area contributed by atoms with Gasteiger partial charge in [-0.3, -0.25) is 0 Å². The number of aryl methyl sites for hydroxylation is 2. The fourth-order valence-corrected chi connectivity index (χ4v) is 3.01. The molecule has 0 saturated heterocycles. The van der Waals surface area contributed by atoms with E-state index in [1.807, 2.05) is 19.1 Å². The molecule has 0 aromatic carbocycles. The molecule has 4 aromatic heterocycles. The minimum Gasteiger partial charge on any atom is -0.240 e. The molecule has 0 aliphatic heterocycles. The Labute approximate surface area is 149 Å². The lowest BCUT2D eigenvalue weighted by Gasteiger charge is -2.10. The van der Waals surface area contributed by atoms with E-state index in [0.717, 1.165) is 34.8 Å². The summed E-state index contributed by atoms with van der Waals surface area (Å²) in [5.74, 6) is 1.34. The molecule has 128 valence electrons.